The van der Waals surface area contributed by atoms with Crippen molar-refractivity contribution in [3.05, 3.63) is 35.4 Å². The molecule has 0 spiro atoms. The Kier molecular flexibility index (Phi) is 5.22. The van der Waals surface area contributed by atoms with Crippen molar-refractivity contribution in [1.82, 2.24) is 4.90 Å². The molecule has 0 radical (unpaired) electrons. The van der Waals surface area contributed by atoms with Gasteiger partial charge < -0.3 is 10.0 Å². The lowest BCUT2D eigenvalue weighted by molar-refractivity contribution is -0.129. The molecule has 98 valence electrons. The second-order valence-corrected chi connectivity index (χ2v) is 5.25. The van der Waals surface area contributed by atoms with Crippen LogP contribution in [0.4, 0.5) is 0 Å². The first-order valence-corrected chi connectivity index (χ1v) is 6.84. The molecule has 0 aliphatic rings. The average molecular weight is 267 g/mol. The smallest absolute Gasteiger partial charge is 0.335 e. The highest BCUT2D eigenvalue weighted by Crippen LogP contribution is 2.12. The van der Waals surface area contributed by atoms with Crippen LogP contribution in [0, 0.1) is 0 Å². The Hall–Kier alpha value is -1.49. The zero-order valence-electron chi connectivity index (χ0n) is 10.7. The highest BCUT2D eigenvalue weighted by molar-refractivity contribution is 7.99. The summed E-state index contributed by atoms with van der Waals surface area (Å²) < 4.78 is 0. The van der Waals surface area contributed by atoms with Crippen LogP contribution in [0.5, 0.6) is 0 Å². The van der Waals surface area contributed by atoms with E-state index in [1.807, 2.05) is 13.2 Å². The average Bonchev–Trinajstić information content (AvgIpc) is 2.37. The molecule has 1 aromatic rings. The highest BCUT2D eigenvalue weighted by Gasteiger charge is 2.16. The van der Waals surface area contributed by atoms with Crippen molar-refractivity contribution in [3.8, 4) is 0 Å². The summed E-state index contributed by atoms with van der Waals surface area (Å²) in [4.78, 5) is 24.2. The standard InChI is InChI=1S/C13H17NO3S/c1-9(18-3)12(15)14(2)8-10-4-6-11(7-5-10)13(16)17/h4-7,9H,8H2,1-3H3,(H,16,17). The summed E-state index contributed by atoms with van der Waals surface area (Å²) >= 11 is 1.51. The number of carboxylic acid groups (broad SMARTS) is 1. The van der Waals surface area contributed by atoms with Crippen molar-refractivity contribution < 1.29 is 14.7 Å². The molecule has 1 aromatic carbocycles. The maximum Gasteiger partial charge on any atom is 0.335 e. The number of benzene rings is 1. The van der Waals surface area contributed by atoms with Crippen LogP contribution in [0.2, 0.25) is 0 Å². The Morgan fingerprint density at radius 2 is 1.89 bits per heavy atom. The van der Waals surface area contributed by atoms with Gasteiger partial charge in [0.25, 0.3) is 0 Å². The van der Waals surface area contributed by atoms with Gasteiger partial charge in [0.15, 0.2) is 0 Å². The number of carbonyl (C=O) groups is 2. The van der Waals surface area contributed by atoms with E-state index in [2.05, 4.69) is 0 Å². The van der Waals surface area contributed by atoms with Crippen molar-refractivity contribution in [1.29, 1.82) is 0 Å². The monoisotopic (exact) mass is 267 g/mol. The molecule has 0 saturated heterocycles. The first kappa shape index (κ1) is 14.6. The maximum atomic E-state index is 11.9. The molecule has 18 heavy (non-hydrogen) atoms. The second kappa shape index (κ2) is 6.44. The van der Waals surface area contributed by atoms with E-state index in [1.54, 1.807) is 36.2 Å². The van der Waals surface area contributed by atoms with Crippen molar-refractivity contribution in [2.45, 2.75) is 18.7 Å². The number of aromatic carboxylic acids is 1. The van der Waals surface area contributed by atoms with E-state index in [9.17, 15) is 9.59 Å². The van der Waals surface area contributed by atoms with E-state index in [0.29, 0.717) is 6.54 Å². The third-order valence-electron chi connectivity index (χ3n) is 2.70. The van der Waals surface area contributed by atoms with Crippen LogP contribution in [0.1, 0.15) is 22.8 Å². The lowest BCUT2D eigenvalue weighted by Crippen LogP contribution is -2.32. The van der Waals surface area contributed by atoms with Crippen LogP contribution < -0.4 is 0 Å². The zero-order valence-corrected chi connectivity index (χ0v) is 11.5. The molecule has 0 bridgehead atoms. The van der Waals surface area contributed by atoms with Gasteiger partial charge >= 0.3 is 5.97 Å². The highest BCUT2D eigenvalue weighted by atomic mass is 32.2. The molecule has 1 amide bonds. The molecule has 5 heteroatoms. The number of rotatable bonds is 5. The number of hydrogen-bond donors (Lipinski definition) is 1. The zero-order chi connectivity index (χ0) is 13.7. The molecule has 0 aliphatic carbocycles. The van der Waals surface area contributed by atoms with Crippen LogP contribution in [-0.2, 0) is 11.3 Å². The maximum absolute atomic E-state index is 11.9. The van der Waals surface area contributed by atoms with Crippen LogP contribution >= 0.6 is 11.8 Å². The van der Waals surface area contributed by atoms with Crippen LogP contribution in [0.15, 0.2) is 24.3 Å². The van der Waals surface area contributed by atoms with E-state index in [-0.39, 0.29) is 16.7 Å². The van der Waals surface area contributed by atoms with Gasteiger partial charge in [-0.1, -0.05) is 12.1 Å². The minimum absolute atomic E-state index is 0.0618. The summed E-state index contributed by atoms with van der Waals surface area (Å²) in [5, 5.41) is 8.72. The van der Waals surface area contributed by atoms with Crippen LogP contribution in [0.3, 0.4) is 0 Å². The number of thioether (sulfide) groups is 1. The van der Waals surface area contributed by atoms with E-state index in [4.69, 9.17) is 5.11 Å². The number of carbonyl (C=O) groups excluding carboxylic acids is 1. The van der Waals surface area contributed by atoms with Gasteiger partial charge in [-0.3, -0.25) is 4.79 Å². The molecule has 1 rings (SSSR count). The number of nitrogens with zero attached hydrogens (tertiary/aromatic N) is 1. The van der Waals surface area contributed by atoms with Gasteiger partial charge in [0.2, 0.25) is 5.91 Å². The van der Waals surface area contributed by atoms with E-state index >= 15 is 0 Å². The fourth-order valence-corrected chi connectivity index (χ4v) is 1.90. The normalized spacial score (nSPS) is 11.9. The quantitative estimate of drug-likeness (QED) is 0.887. The molecule has 1 N–H and O–H groups in total. The fourth-order valence-electron chi connectivity index (χ4n) is 1.52. The van der Waals surface area contributed by atoms with Gasteiger partial charge in [0, 0.05) is 13.6 Å². The van der Waals surface area contributed by atoms with Crippen molar-refractivity contribution in [3.63, 3.8) is 0 Å². The molecule has 0 heterocycles. The molecule has 4 nitrogen and oxygen atoms in total. The molecule has 0 saturated carbocycles. The first-order chi connectivity index (χ1) is 8.45. The van der Waals surface area contributed by atoms with Crippen molar-refractivity contribution >= 4 is 23.6 Å². The molecule has 1 unspecified atom stereocenters. The summed E-state index contributed by atoms with van der Waals surface area (Å²) in [5.41, 5.74) is 1.18. The molecule has 0 aliphatic heterocycles. The van der Waals surface area contributed by atoms with Gasteiger partial charge in [-0.05, 0) is 30.9 Å². The first-order valence-electron chi connectivity index (χ1n) is 5.55. The Morgan fingerprint density at radius 1 is 1.33 bits per heavy atom. The molecular formula is C13H17NO3S. The Bertz CT molecular complexity index is 430. The summed E-state index contributed by atoms with van der Waals surface area (Å²) in [7, 11) is 1.75. The van der Waals surface area contributed by atoms with E-state index in [0.717, 1.165) is 5.56 Å². The van der Waals surface area contributed by atoms with E-state index in [1.165, 1.54) is 11.8 Å². The topological polar surface area (TPSA) is 57.6 Å². The minimum atomic E-state index is -0.943. The minimum Gasteiger partial charge on any atom is -0.478 e. The molecule has 0 fully saturated rings. The summed E-state index contributed by atoms with van der Waals surface area (Å²) in [6.07, 6.45) is 1.90. The van der Waals surface area contributed by atoms with Gasteiger partial charge in [-0.15, -0.1) is 0 Å². The number of carboxylic acids is 1. The summed E-state index contributed by atoms with van der Waals surface area (Å²) in [6, 6.07) is 6.57. The van der Waals surface area contributed by atoms with Gasteiger partial charge in [-0.25, -0.2) is 4.79 Å². The summed E-state index contributed by atoms with van der Waals surface area (Å²) in [6.45, 7) is 2.36. The SMILES string of the molecule is CSC(C)C(=O)N(C)Cc1ccc(C(=O)O)cc1. The van der Waals surface area contributed by atoms with Gasteiger partial charge in [-0.2, -0.15) is 11.8 Å². The Labute approximate surface area is 111 Å². The fraction of sp³-hybridized carbons (Fsp3) is 0.385. The number of amides is 1. The molecule has 0 aromatic heterocycles. The third-order valence-corrected chi connectivity index (χ3v) is 3.61. The Balaban J connectivity index is 2.67. The summed E-state index contributed by atoms with van der Waals surface area (Å²) in [5.74, 6) is -0.869. The second-order valence-electron chi connectivity index (χ2n) is 4.07. The van der Waals surface area contributed by atoms with Gasteiger partial charge in [0.1, 0.15) is 0 Å². The largest absolute Gasteiger partial charge is 0.478 e. The Morgan fingerprint density at radius 3 is 2.33 bits per heavy atom. The van der Waals surface area contributed by atoms with Crippen molar-refractivity contribution in [2.24, 2.45) is 0 Å². The predicted molar refractivity (Wildman–Crippen MR) is 72.9 cm³/mol. The van der Waals surface area contributed by atoms with Crippen molar-refractivity contribution in [2.75, 3.05) is 13.3 Å². The van der Waals surface area contributed by atoms with Gasteiger partial charge in [0.05, 0.1) is 10.8 Å². The lowest BCUT2D eigenvalue weighted by atomic mass is 10.1. The van der Waals surface area contributed by atoms with Crippen LogP contribution in [-0.4, -0.2) is 40.4 Å². The van der Waals surface area contributed by atoms with Crippen LogP contribution in [0.25, 0.3) is 0 Å². The molecular weight excluding hydrogens is 250 g/mol. The number of hydrogen-bond acceptors (Lipinski definition) is 3. The molecule has 1 atom stereocenters. The predicted octanol–water partition coefficient (Wildman–Crippen LogP) is 2.09. The third kappa shape index (κ3) is 3.77. The lowest BCUT2D eigenvalue weighted by Gasteiger charge is -2.20. The van der Waals surface area contributed by atoms with E-state index < -0.39 is 5.97 Å².